The van der Waals surface area contributed by atoms with Crippen LogP contribution in [0.5, 0.6) is 5.75 Å². The van der Waals surface area contributed by atoms with E-state index in [0.29, 0.717) is 29.5 Å². The molecule has 0 aromatic heterocycles. The second kappa shape index (κ2) is 11.6. The number of ether oxygens (including phenoxy) is 1. The number of anilines is 1. The summed E-state index contributed by atoms with van der Waals surface area (Å²) >= 11 is 5.22. The Bertz CT molecular complexity index is 1020. The van der Waals surface area contributed by atoms with Gasteiger partial charge in [0.05, 0.1) is 17.1 Å². The van der Waals surface area contributed by atoms with Crippen molar-refractivity contribution in [1.29, 1.82) is 0 Å². The van der Waals surface area contributed by atoms with Gasteiger partial charge >= 0.3 is 0 Å². The Morgan fingerprint density at radius 1 is 1.16 bits per heavy atom. The van der Waals surface area contributed by atoms with Crippen molar-refractivity contribution in [2.45, 2.75) is 25.2 Å². The standard InChI is InChI=1S/C22H27N3O4S2/c1-4-14-23-31(27,28)18-11-9-17(10-12-18)24-22(30)25-21(26)19-7-5-6-8-20(19)29-15-13-16(2)3/h4-12,16,23H,1,13-15H2,2-3H3,(H2,24,25,26,30). The molecule has 2 aromatic rings. The van der Waals surface area contributed by atoms with Gasteiger partial charge in [-0.3, -0.25) is 10.1 Å². The van der Waals surface area contributed by atoms with Gasteiger partial charge in [-0.25, -0.2) is 13.1 Å². The van der Waals surface area contributed by atoms with E-state index in [1.165, 1.54) is 18.2 Å². The second-order valence-electron chi connectivity index (χ2n) is 7.10. The lowest BCUT2D eigenvalue weighted by Crippen LogP contribution is -2.34. The fraction of sp³-hybridized carbons (Fsp3) is 0.273. The molecular formula is C22H27N3O4S2. The predicted molar refractivity (Wildman–Crippen MR) is 127 cm³/mol. The highest BCUT2D eigenvalue weighted by Crippen LogP contribution is 2.19. The summed E-state index contributed by atoms with van der Waals surface area (Å²) in [6.07, 6.45) is 2.34. The summed E-state index contributed by atoms with van der Waals surface area (Å²) in [6.45, 7) is 8.34. The molecule has 2 aromatic carbocycles. The highest BCUT2D eigenvalue weighted by Gasteiger charge is 2.15. The number of carbonyl (C=O) groups is 1. The summed E-state index contributed by atoms with van der Waals surface area (Å²) < 4.78 is 32.3. The largest absolute Gasteiger partial charge is 0.493 e. The summed E-state index contributed by atoms with van der Waals surface area (Å²) in [6, 6.07) is 13.0. The monoisotopic (exact) mass is 461 g/mol. The first-order valence-corrected chi connectivity index (χ1v) is 11.7. The van der Waals surface area contributed by atoms with Gasteiger partial charge in [0, 0.05) is 12.2 Å². The third-order valence-electron chi connectivity index (χ3n) is 4.15. The minimum absolute atomic E-state index is 0.0855. The predicted octanol–water partition coefficient (Wildman–Crippen LogP) is 3.70. The number of rotatable bonds is 10. The van der Waals surface area contributed by atoms with Gasteiger partial charge in [-0.05, 0) is 61.0 Å². The Balaban J connectivity index is 1.98. The van der Waals surface area contributed by atoms with Gasteiger partial charge in [-0.15, -0.1) is 6.58 Å². The minimum atomic E-state index is -3.61. The Labute approximate surface area is 188 Å². The lowest BCUT2D eigenvalue weighted by molar-refractivity contribution is 0.0973. The fourth-order valence-corrected chi connectivity index (χ4v) is 3.70. The summed E-state index contributed by atoms with van der Waals surface area (Å²) in [4.78, 5) is 12.7. The van der Waals surface area contributed by atoms with Crippen molar-refractivity contribution >= 4 is 38.9 Å². The van der Waals surface area contributed by atoms with E-state index in [1.807, 2.05) is 0 Å². The molecule has 0 bridgehead atoms. The van der Waals surface area contributed by atoms with Crippen LogP contribution < -0.4 is 20.1 Å². The molecule has 0 fully saturated rings. The summed E-state index contributed by atoms with van der Waals surface area (Å²) in [5, 5.41) is 5.57. The molecule has 2 rings (SSSR count). The van der Waals surface area contributed by atoms with Crippen LogP contribution in [0.15, 0.2) is 66.1 Å². The highest BCUT2D eigenvalue weighted by molar-refractivity contribution is 7.89. The van der Waals surface area contributed by atoms with E-state index in [1.54, 1.807) is 36.4 Å². The number of nitrogens with one attached hydrogen (secondary N) is 3. The van der Waals surface area contributed by atoms with E-state index in [0.717, 1.165) is 6.42 Å². The number of hydrogen-bond acceptors (Lipinski definition) is 5. The maximum Gasteiger partial charge on any atom is 0.261 e. The van der Waals surface area contributed by atoms with E-state index in [9.17, 15) is 13.2 Å². The van der Waals surface area contributed by atoms with E-state index in [2.05, 4.69) is 35.8 Å². The third-order valence-corrected chi connectivity index (χ3v) is 5.80. The lowest BCUT2D eigenvalue weighted by Gasteiger charge is -2.14. The molecule has 0 aliphatic carbocycles. The molecule has 0 atom stereocenters. The zero-order chi connectivity index (χ0) is 22.9. The minimum Gasteiger partial charge on any atom is -0.493 e. The maximum atomic E-state index is 12.6. The number of thiocarbonyl (C=S) groups is 1. The van der Waals surface area contributed by atoms with Crippen molar-refractivity contribution in [2.75, 3.05) is 18.5 Å². The van der Waals surface area contributed by atoms with Crippen LogP contribution in [0.1, 0.15) is 30.6 Å². The van der Waals surface area contributed by atoms with Gasteiger partial charge in [0.2, 0.25) is 10.0 Å². The number of hydrogen-bond donors (Lipinski definition) is 3. The number of sulfonamides is 1. The van der Waals surface area contributed by atoms with Crippen molar-refractivity contribution in [3.8, 4) is 5.75 Å². The van der Waals surface area contributed by atoms with Crippen LogP contribution in [0.4, 0.5) is 5.69 Å². The van der Waals surface area contributed by atoms with Crippen LogP contribution in [-0.2, 0) is 10.0 Å². The molecule has 9 heteroatoms. The molecule has 0 saturated heterocycles. The summed E-state index contributed by atoms with van der Waals surface area (Å²) in [7, 11) is -3.61. The van der Waals surface area contributed by atoms with Gasteiger partial charge in [0.25, 0.3) is 5.91 Å². The molecule has 0 radical (unpaired) electrons. The van der Waals surface area contributed by atoms with Crippen molar-refractivity contribution in [3.63, 3.8) is 0 Å². The molecule has 166 valence electrons. The first-order chi connectivity index (χ1) is 14.7. The quantitative estimate of drug-likeness (QED) is 0.369. The molecule has 3 N–H and O–H groups in total. The van der Waals surface area contributed by atoms with Crippen LogP contribution in [0.3, 0.4) is 0 Å². The number of benzene rings is 2. The first-order valence-electron chi connectivity index (χ1n) is 9.77. The van der Waals surface area contributed by atoms with E-state index >= 15 is 0 Å². The number of amides is 1. The van der Waals surface area contributed by atoms with E-state index in [4.69, 9.17) is 17.0 Å². The molecule has 0 unspecified atom stereocenters. The second-order valence-corrected chi connectivity index (χ2v) is 9.28. The third kappa shape index (κ3) is 7.78. The van der Waals surface area contributed by atoms with Gasteiger partial charge in [0.1, 0.15) is 5.75 Å². The van der Waals surface area contributed by atoms with Crippen molar-refractivity contribution in [1.82, 2.24) is 10.0 Å². The zero-order valence-electron chi connectivity index (χ0n) is 17.6. The smallest absolute Gasteiger partial charge is 0.261 e. The summed E-state index contributed by atoms with van der Waals surface area (Å²) in [5.41, 5.74) is 0.916. The Morgan fingerprint density at radius 2 is 1.84 bits per heavy atom. The molecular weight excluding hydrogens is 434 g/mol. The lowest BCUT2D eigenvalue weighted by atomic mass is 10.1. The van der Waals surface area contributed by atoms with E-state index in [-0.39, 0.29) is 16.6 Å². The Kier molecular flexibility index (Phi) is 9.17. The van der Waals surface area contributed by atoms with Crippen LogP contribution >= 0.6 is 12.2 Å². The fourth-order valence-electron chi connectivity index (χ4n) is 2.49. The molecule has 7 nitrogen and oxygen atoms in total. The van der Waals surface area contributed by atoms with Crippen molar-refractivity contribution in [2.24, 2.45) is 5.92 Å². The Morgan fingerprint density at radius 3 is 2.48 bits per heavy atom. The van der Waals surface area contributed by atoms with Crippen LogP contribution in [0, 0.1) is 5.92 Å². The zero-order valence-corrected chi connectivity index (χ0v) is 19.2. The molecule has 0 saturated carbocycles. The first kappa shape index (κ1) is 24.5. The SMILES string of the molecule is C=CCNS(=O)(=O)c1ccc(NC(=S)NC(=O)c2ccccc2OCCC(C)C)cc1. The Hall–Kier alpha value is -2.75. The van der Waals surface area contributed by atoms with E-state index < -0.39 is 15.9 Å². The summed E-state index contributed by atoms with van der Waals surface area (Å²) in [5.74, 6) is 0.590. The van der Waals surface area contributed by atoms with Gasteiger partial charge in [-0.2, -0.15) is 0 Å². The van der Waals surface area contributed by atoms with Gasteiger partial charge in [0.15, 0.2) is 5.11 Å². The average molecular weight is 462 g/mol. The number of para-hydroxylation sites is 1. The molecule has 31 heavy (non-hydrogen) atoms. The van der Waals surface area contributed by atoms with Crippen molar-refractivity contribution in [3.05, 3.63) is 66.7 Å². The van der Waals surface area contributed by atoms with Crippen LogP contribution in [0.25, 0.3) is 0 Å². The van der Waals surface area contributed by atoms with Crippen LogP contribution in [0.2, 0.25) is 0 Å². The maximum absolute atomic E-state index is 12.6. The molecule has 0 aliphatic heterocycles. The van der Waals surface area contributed by atoms with Gasteiger partial charge in [-0.1, -0.05) is 32.1 Å². The molecule has 0 heterocycles. The normalized spacial score (nSPS) is 11.1. The van der Waals surface area contributed by atoms with Crippen LogP contribution in [-0.4, -0.2) is 32.6 Å². The molecule has 1 amide bonds. The highest BCUT2D eigenvalue weighted by atomic mass is 32.2. The van der Waals surface area contributed by atoms with Crippen molar-refractivity contribution < 1.29 is 17.9 Å². The number of carbonyl (C=O) groups excluding carboxylic acids is 1. The topological polar surface area (TPSA) is 96.5 Å². The average Bonchev–Trinajstić information content (AvgIpc) is 2.72. The molecule has 0 spiro atoms. The van der Waals surface area contributed by atoms with Gasteiger partial charge < -0.3 is 10.1 Å². The molecule has 0 aliphatic rings.